The molecule has 3 atom stereocenters. The topological polar surface area (TPSA) is 161 Å². The number of carboxylic acid groups (broad SMARTS) is 1. The van der Waals surface area contributed by atoms with Crippen LogP contribution in [-0.4, -0.2) is 67.0 Å². The maximum Gasteiger partial charge on any atom is 0.490 e. The van der Waals surface area contributed by atoms with Gasteiger partial charge in [0.25, 0.3) is 5.91 Å². The molecule has 1 saturated carbocycles. The number of imide groups is 1. The van der Waals surface area contributed by atoms with E-state index in [1.807, 2.05) is 18.3 Å². The van der Waals surface area contributed by atoms with Crippen LogP contribution in [-0.2, 0) is 20.9 Å². The van der Waals surface area contributed by atoms with E-state index in [-0.39, 0.29) is 24.3 Å². The van der Waals surface area contributed by atoms with Crippen molar-refractivity contribution in [2.75, 3.05) is 0 Å². The van der Waals surface area contributed by atoms with Crippen LogP contribution in [0.15, 0.2) is 24.4 Å². The number of hydrogen-bond acceptors (Lipinski definition) is 7. The van der Waals surface area contributed by atoms with Gasteiger partial charge in [0.15, 0.2) is 0 Å². The van der Waals surface area contributed by atoms with Gasteiger partial charge in [-0.2, -0.15) is 13.2 Å². The molecule has 0 bridgehead atoms. The van der Waals surface area contributed by atoms with Crippen molar-refractivity contribution in [2.45, 2.75) is 69.2 Å². The third-order valence-electron chi connectivity index (χ3n) is 6.66. The van der Waals surface area contributed by atoms with Gasteiger partial charge in [-0.25, -0.2) is 9.48 Å². The molecule has 5 rings (SSSR count). The molecule has 37 heavy (non-hydrogen) atoms. The summed E-state index contributed by atoms with van der Waals surface area (Å²) in [6, 6.07) is 5.20. The lowest BCUT2D eigenvalue weighted by Gasteiger charge is -2.29. The van der Waals surface area contributed by atoms with E-state index >= 15 is 0 Å². The van der Waals surface area contributed by atoms with Gasteiger partial charge in [0.05, 0.1) is 17.6 Å². The van der Waals surface area contributed by atoms with E-state index in [9.17, 15) is 27.6 Å². The molecular formula is C23H25F3N6O5. The number of nitrogens with zero attached hydrogens (tertiary/aromatic N) is 4. The molecule has 0 radical (unpaired) electrons. The highest BCUT2D eigenvalue weighted by Crippen LogP contribution is 2.32. The van der Waals surface area contributed by atoms with Crippen molar-refractivity contribution in [2.24, 2.45) is 5.73 Å². The number of carboxylic acids is 1. The SMILES string of the molecule is N[C@@H]1CCC[C@H](c2cn(-c3ccc4c(c3)C(=O)N(C3CCC(=O)NC3=O)C4)nn2)C1.O=C(O)C(F)(F)F. The molecule has 1 aromatic heterocycles. The summed E-state index contributed by atoms with van der Waals surface area (Å²) < 4.78 is 33.4. The minimum Gasteiger partial charge on any atom is -0.475 e. The number of halogens is 3. The van der Waals surface area contributed by atoms with Crippen molar-refractivity contribution >= 4 is 23.7 Å². The zero-order valence-corrected chi connectivity index (χ0v) is 19.6. The van der Waals surface area contributed by atoms with Crippen LogP contribution >= 0.6 is 0 Å². The Morgan fingerprint density at radius 3 is 2.54 bits per heavy atom. The molecule has 3 amide bonds. The number of aromatic nitrogens is 3. The fraction of sp³-hybridized carbons (Fsp3) is 0.478. The van der Waals surface area contributed by atoms with Crippen LogP contribution in [0.25, 0.3) is 5.69 Å². The quantitative estimate of drug-likeness (QED) is 0.513. The van der Waals surface area contributed by atoms with Crippen molar-refractivity contribution in [3.05, 3.63) is 41.2 Å². The fourth-order valence-corrected chi connectivity index (χ4v) is 4.77. The highest BCUT2D eigenvalue weighted by molar-refractivity contribution is 6.05. The second-order valence-electron chi connectivity index (χ2n) is 9.26. The average molecular weight is 522 g/mol. The van der Waals surface area contributed by atoms with E-state index < -0.39 is 24.1 Å². The first kappa shape index (κ1) is 26.3. The summed E-state index contributed by atoms with van der Waals surface area (Å²) in [5.41, 5.74) is 9.22. The van der Waals surface area contributed by atoms with Crippen molar-refractivity contribution in [3.63, 3.8) is 0 Å². The van der Waals surface area contributed by atoms with Crippen LogP contribution < -0.4 is 11.1 Å². The van der Waals surface area contributed by atoms with E-state index in [0.29, 0.717) is 24.4 Å². The zero-order valence-electron chi connectivity index (χ0n) is 19.6. The molecule has 2 aromatic rings. The van der Waals surface area contributed by atoms with Crippen molar-refractivity contribution in [3.8, 4) is 5.69 Å². The van der Waals surface area contributed by atoms with E-state index in [2.05, 4.69) is 15.6 Å². The minimum atomic E-state index is -5.08. The summed E-state index contributed by atoms with van der Waals surface area (Å²) in [4.78, 5) is 47.0. The third-order valence-corrected chi connectivity index (χ3v) is 6.66. The van der Waals surface area contributed by atoms with Gasteiger partial charge in [0.1, 0.15) is 6.04 Å². The molecule has 2 aliphatic heterocycles. The van der Waals surface area contributed by atoms with E-state index in [4.69, 9.17) is 15.6 Å². The summed E-state index contributed by atoms with van der Waals surface area (Å²) >= 11 is 0. The van der Waals surface area contributed by atoms with Crippen molar-refractivity contribution in [1.82, 2.24) is 25.2 Å². The second kappa shape index (κ2) is 10.3. The Labute approximate surface area is 208 Å². The second-order valence-corrected chi connectivity index (χ2v) is 9.26. The number of nitrogens with two attached hydrogens (primary N) is 1. The normalized spacial score (nSPS) is 23.7. The van der Waals surface area contributed by atoms with Gasteiger partial charge in [-0.3, -0.25) is 19.7 Å². The lowest BCUT2D eigenvalue weighted by atomic mass is 9.84. The molecule has 0 spiro atoms. The number of carbonyl (C=O) groups is 4. The Morgan fingerprint density at radius 1 is 1.16 bits per heavy atom. The molecule has 3 heterocycles. The highest BCUT2D eigenvalue weighted by atomic mass is 19.4. The Morgan fingerprint density at radius 2 is 1.89 bits per heavy atom. The summed E-state index contributed by atoms with van der Waals surface area (Å²) in [6.45, 7) is 0.364. The monoisotopic (exact) mass is 522 g/mol. The maximum atomic E-state index is 13.0. The molecule has 1 unspecified atom stereocenters. The molecule has 11 nitrogen and oxygen atoms in total. The Balaban J connectivity index is 0.000000405. The van der Waals surface area contributed by atoms with Crippen LogP contribution in [0, 0.1) is 0 Å². The first-order valence-corrected chi connectivity index (χ1v) is 11.7. The number of aliphatic carboxylic acids is 1. The van der Waals surface area contributed by atoms with Gasteiger partial charge >= 0.3 is 12.1 Å². The number of amides is 3. The van der Waals surface area contributed by atoms with Gasteiger partial charge in [-0.05, 0) is 43.4 Å². The van der Waals surface area contributed by atoms with Crippen molar-refractivity contribution in [1.29, 1.82) is 0 Å². The Kier molecular flexibility index (Phi) is 7.30. The van der Waals surface area contributed by atoms with Crippen LogP contribution in [0.3, 0.4) is 0 Å². The molecule has 14 heteroatoms. The van der Waals surface area contributed by atoms with Gasteiger partial charge < -0.3 is 15.7 Å². The van der Waals surface area contributed by atoms with Crippen molar-refractivity contribution < 1.29 is 37.5 Å². The van der Waals surface area contributed by atoms with Gasteiger partial charge in [-0.1, -0.05) is 17.7 Å². The van der Waals surface area contributed by atoms with Crippen LogP contribution in [0.1, 0.15) is 66.1 Å². The number of hydrogen-bond donors (Lipinski definition) is 3. The summed E-state index contributed by atoms with van der Waals surface area (Å²) in [6.07, 6.45) is 1.57. The number of rotatable bonds is 3. The van der Waals surface area contributed by atoms with E-state index in [0.717, 1.165) is 42.6 Å². The largest absolute Gasteiger partial charge is 0.490 e. The van der Waals surface area contributed by atoms with E-state index in [1.54, 1.807) is 15.6 Å². The molecule has 1 aromatic carbocycles. The highest BCUT2D eigenvalue weighted by Gasteiger charge is 2.39. The number of benzene rings is 1. The zero-order chi connectivity index (χ0) is 26.9. The third kappa shape index (κ3) is 5.79. The lowest BCUT2D eigenvalue weighted by Crippen LogP contribution is -2.52. The molecule has 1 saturated heterocycles. The summed E-state index contributed by atoms with van der Waals surface area (Å²) in [7, 11) is 0. The van der Waals surface area contributed by atoms with Gasteiger partial charge in [0, 0.05) is 30.5 Å². The summed E-state index contributed by atoms with van der Waals surface area (Å²) in [5.74, 6) is -3.32. The number of carbonyl (C=O) groups excluding carboxylic acids is 3. The van der Waals surface area contributed by atoms with E-state index in [1.165, 1.54) is 0 Å². The number of nitrogens with one attached hydrogen (secondary N) is 1. The van der Waals surface area contributed by atoms with Gasteiger partial charge in [-0.15, -0.1) is 5.10 Å². The maximum absolute atomic E-state index is 13.0. The molecule has 198 valence electrons. The summed E-state index contributed by atoms with van der Waals surface area (Å²) in [5, 5.41) is 18.1. The number of alkyl halides is 3. The smallest absolute Gasteiger partial charge is 0.475 e. The fourth-order valence-electron chi connectivity index (χ4n) is 4.77. The molecule has 3 aliphatic rings. The Bertz CT molecular complexity index is 1230. The lowest BCUT2D eigenvalue weighted by molar-refractivity contribution is -0.192. The molecule has 2 fully saturated rings. The number of fused-ring (bicyclic) bond motifs is 1. The van der Waals surface area contributed by atoms with Crippen LogP contribution in [0.4, 0.5) is 13.2 Å². The van der Waals surface area contributed by atoms with Gasteiger partial charge in [0.2, 0.25) is 11.8 Å². The molecule has 4 N–H and O–H groups in total. The standard InChI is InChI=1S/C21H24N6O3.C2HF3O2/c22-14-3-1-2-12(8-14)17-11-27(25-24-17)15-5-4-13-10-26(21(30)16(13)9-15)18-6-7-19(28)23-20(18)29;3-2(4,5)1(6)7/h4-5,9,11-12,14,18H,1-3,6-8,10,22H2,(H,23,28,29);(H,6,7)/t12-,14+,18?;/m0./s1. The first-order valence-electron chi connectivity index (χ1n) is 11.7. The minimum absolute atomic E-state index is 0.194. The number of piperidine rings is 1. The molecule has 1 aliphatic carbocycles. The van der Waals surface area contributed by atoms with Crippen LogP contribution in [0.5, 0.6) is 0 Å². The Hall–Kier alpha value is -3.81. The predicted octanol–water partition coefficient (Wildman–Crippen LogP) is 1.65. The average Bonchev–Trinajstić information content (AvgIpc) is 3.44. The predicted molar refractivity (Wildman–Crippen MR) is 120 cm³/mol. The first-order chi connectivity index (χ1) is 17.4. The molecular weight excluding hydrogens is 497 g/mol. The van der Waals surface area contributed by atoms with Crippen LogP contribution in [0.2, 0.25) is 0 Å².